The van der Waals surface area contributed by atoms with Gasteiger partial charge in [0.1, 0.15) is 18.1 Å². The van der Waals surface area contributed by atoms with Crippen molar-refractivity contribution < 1.29 is 23.8 Å². The summed E-state index contributed by atoms with van der Waals surface area (Å²) in [4.78, 5) is 24.6. The van der Waals surface area contributed by atoms with E-state index in [-0.39, 0.29) is 12.5 Å². The van der Waals surface area contributed by atoms with Crippen molar-refractivity contribution in [2.45, 2.75) is 19.6 Å². The molecule has 1 unspecified atom stereocenters. The number of anilines is 1. The fourth-order valence-electron chi connectivity index (χ4n) is 2.73. The molecule has 0 aliphatic rings. The molecule has 1 atom stereocenters. The van der Waals surface area contributed by atoms with Crippen LogP contribution in [0.3, 0.4) is 0 Å². The summed E-state index contributed by atoms with van der Waals surface area (Å²) < 4.78 is 16.0. The first-order valence-corrected chi connectivity index (χ1v) is 9.96. The number of ether oxygens (including phenoxy) is 3. The van der Waals surface area contributed by atoms with Gasteiger partial charge in [-0.3, -0.25) is 4.79 Å². The number of rotatable bonds is 8. The molecular weight excluding hydrogens is 418 g/mol. The molecule has 7 heteroatoms. The summed E-state index contributed by atoms with van der Waals surface area (Å²) in [7, 11) is 1.52. The van der Waals surface area contributed by atoms with Crippen LogP contribution in [0.5, 0.6) is 11.5 Å². The van der Waals surface area contributed by atoms with Crippen LogP contribution in [0, 0.1) is 0 Å². The first kappa shape index (κ1) is 22.2. The molecule has 0 radical (unpaired) electrons. The molecule has 0 aromatic heterocycles. The Morgan fingerprint density at radius 3 is 2.35 bits per heavy atom. The van der Waals surface area contributed by atoms with Gasteiger partial charge in [-0.15, -0.1) is 0 Å². The van der Waals surface area contributed by atoms with E-state index < -0.39 is 12.1 Å². The number of carbonyl (C=O) groups excluding carboxylic acids is 2. The monoisotopic (exact) mass is 439 g/mol. The van der Waals surface area contributed by atoms with E-state index in [0.29, 0.717) is 27.8 Å². The average Bonchev–Trinajstić information content (AvgIpc) is 2.78. The van der Waals surface area contributed by atoms with E-state index in [1.165, 1.54) is 7.11 Å². The highest BCUT2D eigenvalue weighted by Gasteiger charge is 2.17. The Morgan fingerprint density at radius 2 is 1.71 bits per heavy atom. The van der Waals surface area contributed by atoms with Crippen molar-refractivity contribution in [2.75, 3.05) is 12.4 Å². The summed E-state index contributed by atoms with van der Waals surface area (Å²) in [5.74, 6) is 0.205. The van der Waals surface area contributed by atoms with Crippen molar-refractivity contribution in [3.63, 3.8) is 0 Å². The van der Waals surface area contributed by atoms with Crippen molar-refractivity contribution in [3.05, 3.63) is 88.9 Å². The molecule has 0 saturated heterocycles. The van der Waals surface area contributed by atoms with Crippen LogP contribution in [0.15, 0.2) is 72.8 Å². The predicted octanol–water partition coefficient (Wildman–Crippen LogP) is 5.11. The fourth-order valence-corrected chi connectivity index (χ4v) is 2.99. The van der Waals surface area contributed by atoms with E-state index >= 15 is 0 Å². The summed E-state index contributed by atoms with van der Waals surface area (Å²) in [5.41, 5.74) is 1.88. The molecule has 0 spiro atoms. The number of hydrogen-bond acceptors (Lipinski definition) is 5. The van der Waals surface area contributed by atoms with Crippen molar-refractivity contribution in [2.24, 2.45) is 0 Å². The number of benzene rings is 3. The third kappa shape index (κ3) is 6.23. The Labute approximate surface area is 185 Å². The quantitative estimate of drug-likeness (QED) is 0.493. The molecule has 31 heavy (non-hydrogen) atoms. The van der Waals surface area contributed by atoms with Crippen LogP contribution in [0.25, 0.3) is 0 Å². The summed E-state index contributed by atoms with van der Waals surface area (Å²) in [6, 6.07) is 20.9. The molecule has 0 bridgehead atoms. The second-order valence-electron chi connectivity index (χ2n) is 6.68. The molecule has 0 fully saturated rings. The Morgan fingerprint density at radius 1 is 1.00 bits per heavy atom. The minimum absolute atomic E-state index is 0.182. The van der Waals surface area contributed by atoms with Gasteiger partial charge in [0.05, 0.1) is 12.1 Å². The van der Waals surface area contributed by atoms with Crippen LogP contribution in [0.2, 0.25) is 5.02 Å². The standard InChI is InChI=1S/C24H22ClNO5/c1-16(24(28)30-15-17-6-4-3-5-7-17)31-20-11-8-18(9-12-20)23(27)26-19-10-13-22(29-2)21(25)14-19/h3-14,16H,15H2,1-2H3,(H,26,27). The predicted molar refractivity (Wildman–Crippen MR) is 119 cm³/mol. The van der Waals surface area contributed by atoms with E-state index in [2.05, 4.69) is 5.32 Å². The van der Waals surface area contributed by atoms with E-state index in [0.717, 1.165) is 5.56 Å². The highest BCUT2D eigenvalue weighted by molar-refractivity contribution is 6.32. The van der Waals surface area contributed by atoms with Crippen molar-refractivity contribution in [1.82, 2.24) is 0 Å². The van der Waals surface area contributed by atoms with E-state index in [4.69, 9.17) is 25.8 Å². The van der Waals surface area contributed by atoms with Crippen LogP contribution in [-0.4, -0.2) is 25.1 Å². The average molecular weight is 440 g/mol. The Hall–Kier alpha value is -3.51. The normalized spacial score (nSPS) is 11.3. The van der Waals surface area contributed by atoms with Gasteiger partial charge in [-0.05, 0) is 55.0 Å². The number of hydrogen-bond donors (Lipinski definition) is 1. The van der Waals surface area contributed by atoms with E-state index in [1.54, 1.807) is 49.4 Å². The Bertz CT molecular complexity index is 1040. The van der Waals surface area contributed by atoms with Crippen LogP contribution in [0.4, 0.5) is 5.69 Å². The molecule has 3 rings (SSSR count). The van der Waals surface area contributed by atoms with Crippen molar-refractivity contribution in [3.8, 4) is 11.5 Å². The third-order valence-electron chi connectivity index (χ3n) is 4.39. The number of esters is 1. The number of methoxy groups -OCH3 is 1. The second kappa shape index (κ2) is 10.5. The van der Waals surface area contributed by atoms with E-state index in [1.807, 2.05) is 30.3 Å². The number of nitrogens with one attached hydrogen (secondary N) is 1. The summed E-state index contributed by atoms with van der Waals surface area (Å²) in [5, 5.41) is 3.17. The lowest BCUT2D eigenvalue weighted by Gasteiger charge is -2.14. The maximum atomic E-state index is 12.4. The number of carbonyl (C=O) groups is 2. The zero-order chi connectivity index (χ0) is 22.2. The molecule has 3 aromatic rings. The van der Waals surface area contributed by atoms with Crippen LogP contribution in [-0.2, 0) is 16.1 Å². The molecule has 1 N–H and O–H groups in total. The van der Waals surface area contributed by atoms with Gasteiger partial charge >= 0.3 is 5.97 Å². The summed E-state index contributed by atoms with van der Waals surface area (Å²) in [6.07, 6.45) is -0.787. The van der Waals surface area contributed by atoms with Gasteiger partial charge in [-0.2, -0.15) is 0 Å². The number of halogens is 1. The smallest absolute Gasteiger partial charge is 0.347 e. The molecule has 1 amide bonds. The van der Waals surface area contributed by atoms with Crippen LogP contribution in [0.1, 0.15) is 22.8 Å². The van der Waals surface area contributed by atoms with E-state index in [9.17, 15) is 9.59 Å². The number of amides is 1. The largest absolute Gasteiger partial charge is 0.495 e. The second-order valence-corrected chi connectivity index (χ2v) is 7.09. The molecule has 0 aliphatic heterocycles. The van der Waals surface area contributed by atoms with Crippen LogP contribution < -0.4 is 14.8 Å². The minimum atomic E-state index is -0.787. The maximum absolute atomic E-state index is 12.4. The summed E-state index contributed by atoms with van der Waals surface area (Å²) in [6.45, 7) is 1.79. The fraction of sp³-hybridized carbons (Fsp3) is 0.167. The van der Waals surface area contributed by atoms with Gasteiger partial charge in [0.25, 0.3) is 5.91 Å². The van der Waals surface area contributed by atoms with Gasteiger partial charge in [0, 0.05) is 11.3 Å². The van der Waals surface area contributed by atoms with Gasteiger partial charge in [0.15, 0.2) is 6.10 Å². The molecule has 160 valence electrons. The van der Waals surface area contributed by atoms with Crippen molar-refractivity contribution >= 4 is 29.2 Å². The first-order valence-electron chi connectivity index (χ1n) is 9.58. The first-order chi connectivity index (χ1) is 15.0. The lowest BCUT2D eigenvalue weighted by molar-refractivity contribution is -0.152. The van der Waals surface area contributed by atoms with Crippen LogP contribution >= 0.6 is 11.6 Å². The third-order valence-corrected chi connectivity index (χ3v) is 4.69. The highest BCUT2D eigenvalue weighted by Crippen LogP contribution is 2.27. The Balaban J connectivity index is 1.53. The SMILES string of the molecule is COc1ccc(NC(=O)c2ccc(OC(C)C(=O)OCc3ccccc3)cc2)cc1Cl. The zero-order valence-electron chi connectivity index (χ0n) is 17.1. The maximum Gasteiger partial charge on any atom is 0.347 e. The van der Waals surface area contributed by atoms with Gasteiger partial charge in [-0.25, -0.2) is 4.79 Å². The Kier molecular flexibility index (Phi) is 7.51. The van der Waals surface area contributed by atoms with Gasteiger partial charge in [0.2, 0.25) is 0 Å². The minimum Gasteiger partial charge on any atom is -0.495 e. The lowest BCUT2D eigenvalue weighted by atomic mass is 10.2. The molecule has 0 aliphatic carbocycles. The lowest BCUT2D eigenvalue weighted by Crippen LogP contribution is -2.26. The van der Waals surface area contributed by atoms with Crippen molar-refractivity contribution in [1.29, 1.82) is 0 Å². The molecule has 3 aromatic carbocycles. The molecule has 0 saturated carbocycles. The van der Waals surface area contributed by atoms with Gasteiger partial charge in [-0.1, -0.05) is 41.9 Å². The summed E-state index contributed by atoms with van der Waals surface area (Å²) >= 11 is 6.08. The zero-order valence-corrected chi connectivity index (χ0v) is 17.9. The molecule has 6 nitrogen and oxygen atoms in total. The molecular formula is C24H22ClNO5. The highest BCUT2D eigenvalue weighted by atomic mass is 35.5. The molecule has 0 heterocycles. The van der Waals surface area contributed by atoms with Gasteiger partial charge < -0.3 is 19.5 Å². The topological polar surface area (TPSA) is 73.9 Å².